The van der Waals surface area contributed by atoms with E-state index in [4.69, 9.17) is 16.3 Å². The van der Waals surface area contributed by atoms with Gasteiger partial charge in [0, 0.05) is 11.6 Å². The zero-order valence-electron chi connectivity index (χ0n) is 17.4. The molecule has 166 valence electrons. The minimum absolute atomic E-state index is 0.0211. The average Bonchev–Trinajstić information content (AvgIpc) is 2.99. The highest BCUT2D eigenvalue weighted by Gasteiger charge is 2.74. The molecular weight excluding hydrogens is 447 g/mol. The van der Waals surface area contributed by atoms with Crippen molar-refractivity contribution in [3.8, 4) is 5.75 Å². The number of amides is 3. The Morgan fingerprint density at radius 3 is 2.18 bits per heavy atom. The van der Waals surface area contributed by atoms with Gasteiger partial charge in [0.05, 0.1) is 21.7 Å². The lowest BCUT2D eigenvalue weighted by Crippen LogP contribution is -2.84. The topological polar surface area (TPSA) is 75.7 Å². The third-order valence-electron chi connectivity index (χ3n) is 6.90. The van der Waals surface area contributed by atoms with Gasteiger partial charge in [-0.15, -0.1) is 0 Å². The molecule has 0 atom stereocenters. The highest BCUT2D eigenvalue weighted by atomic mass is 35.5. The van der Waals surface area contributed by atoms with Gasteiger partial charge in [-0.3, -0.25) is 19.3 Å². The molecule has 33 heavy (non-hydrogen) atoms. The molecule has 3 aromatic rings. The number of halogens is 2. The summed E-state index contributed by atoms with van der Waals surface area (Å²) in [7, 11) is 0. The van der Waals surface area contributed by atoms with Crippen LogP contribution in [0.3, 0.4) is 0 Å². The van der Waals surface area contributed by atoms with Crippen molar-refractivity contribution in [2.75, 3.05) is 6.61 Å². The predicted octanol–water partition coefficient (Wildman–Crippen LogP) is 4.10. The van der Waals surface area contributed by atoms with E-state index in [2.05, 4.69) is 5.32 Å². The number of rotatable bonds is 5. The van der Waals surface area contributed by atoms with Crippen LogP contribution in [0.1, 0.15) is 40.0 Å². The van der Waals surface area contributed by atoms with Gasteiger partial charge in [-0.1, -0.05) is 35.9 Å². The molecule has 4 aliphatic rings. The van der Waals surface area contributed by atoms with Gasteiger partial charge in [-0.05, 0) is 54.3 Å². The minimum Gasteiger partial charge on any atom is -0.484 e. The molecule has 0 unspecified atom stereocenters. The van der Waals surface area contributed by atoms with Crippen LogP contribution in [0, 0.1) is 5.82 Å². The normalized spacial score (nSPS) is 24.8. The number of carbonyl (C=O) groups is 3. The van der Waals surface area contributed by atoms with E-state index in [0.29, 0.717) is 30.4 Å². The van der Waals surface area contributed by atoms with E-state index >= 15 is 0 Å². The summed E-state index contributed by atoms with van der Waals surface area (Å²) < 4.78 is 18.9. The second-order valence-corrected chi connectivity index (χ2v) is 9.55. The Morgan fingerprint density at radius 1 is 1.00 bits per heavy atom. The molecular formula is C25H18ClFN2O4. The molecule has 8 heteroatoms. The van der Waals surface area contributed by atoms with Crippen LogP contribution in [0.2, 0.25) is 5.02 Å². The van der Waals surface area contributed by atoms with E-state index in [1.54, 1.807) is 12.1 Å². The SMILES string of the molecule is O=C(COc1ccc(Cl)c(F)c1)NC12CC(N3C(=O)c4cc5ccccc5cc4C3=O)(C1)C2. The first-order valence-electron chi connectivity index (χ1n) is 10.6. The smallest absolute Gasteiger partial charge is 0.262 e. The van der Waals surface area contributed by atoms with Gasteiger partial charge in [0.15, 0.2) is 6.61 Å². The van der Waals surface area contributed by atoms with Crippen LogP contribution in [0.4, 0.5) is 4.39 Å². The molecule has 0 spiro atoms. The van der Waals surface area contributed by atoms with Gasteiger partial charge in [0.25, 0.3) is 17.7 Å². The lowest BCUT2D eigenvalue weighted by molar-refractivity contribution is -0.159. The Labute approximate surface area is 193 Å². The molecule has 1 N–H and O–H groups in total. The molecule has 3 saturated carbocycles. The van der Waals surface area contributed by atoms with Crippen molar-refractivity contribution in [3.63, 3.8) is 0 Å². The Morgan fingerprint density at radius 2 is 1.61 bits per heavy atom. The monoisotopic (exact) mass is 464 g/mol. The third kappa shape index (κ3) is 2.95. The number of benzene rings is 3. The van der Waals surface area contributed by atoms with Gasteiger partial charge in [-0.25, -0.2) is 4.39 Å². The molecule has 1 heterocycles. The Bertz CT molecular complexity index is 1310. The molecule has 3 amide bonds. The summed E-state index contributed by atoms with van der Waals surface area (Å²) >= 11 is 5.64. The van der Waals surface area contributed by atoms with Crippen LogP contribution < -0.4 is 10.1 Å². The van der Waals surface area contributed by atoms with Crippen molar-refractivity contribution in [1.82, 2.24) is 10.2 Å². The van der Waals surface area contributed by atoms with Gasteiger partial charge < -0.3 is 10.1 Å². The van der Waals surface area contributed by atoms with Crippen LogP contribution in [0.15, 0.2) is 54.6 Å². The Hall–Kier alpha value is -3.45. The molecule has 0 radical (unpaired) electrons. The van der Waals surface area contributed by atoms with Crippen LogP contribution >= 0.6 is 11.6 Å². The van der Waals surface area contributed by atoms with Crippen LogP contribution in [-0.4, -0.2) is 40.3 Å². The number of nitrogens with one attached hydrogen (secondary N) is 1. The number of imide groups is 1. The summed E-state index contributed by atoms with van der Waals surface area (Å²) in [5.74, 6) is -1.29. The first kappa shape index (κ1) is 20.2. The molecule has 1 aliphatic heterocycles. The number of fused-ring (bicyclic) bond motifs is 2. The second kappa shape index (κ2) is 6.78. The quantitative estimate of drug-likeness (QED) is 0.577. The van der Waals surface area contributed by atoms with Crippen molar-refractivity contribution in [3.05, 3.63) is 76.6 Å². The molecule has 3 fully saturated rings. The maximum absolute atomic E-state index is 13.5. The summed E-state index contributed by atoms with van der Waals surface area (Å²) in [6.07, 6.45) is 1.56. The minimum atomic E-state index is -0.621. The van der Waals surface area contributed by atoms with Crippen molar-refractivity contribution >= 4 is 40.1 Å². The maximum atomic E-state index is 13.5. The largest absolute Gasteiger partial charge is 0.484 e. The highest BCUT2D eigenvalue weighted by molar-refractivity contribution is 6.30. The molecule has 3 aromatic carbocycles. The lowest BCUT2D eigenvalue weighted by atomic mass is 9.43. The fourth-order valence-electron chi connectivity index (χ4n) is 5.51. The first-order valence-corrected chi connectivity index (χ1v) is 11.0. The third-order valence-corrected chi connectivity index (χ3v) is 7.20. The van der Waals surface area contributed by atoms with Crippen LogP contribution in [-0.2, 0) is 4.79 Å². The highest BCUT2D eigenvalue weighted by Crippen LogP contribution is 2.64. The van der Waals surface area contributed by atoms with E-state index in [1.807, 2.05) is 24.3 Å². The molecule has 0 saturated heterocycles. The fourth-order valence-corrected chi connectivity index (χ4v) is 5.63. The summed E-state index contributed by atoms with van der Waals surface area (Å²) in [5.41, 5.74) is -0.117. The van der Waals surface area contributed by atoms with Gasteiger partial charge >= 0.3 is 0 Å². The summed E-state index contributed by atoms with van der Waals surface area (Å²) in [4.78, 5) is 40.0. The van der Waals surface area contributed by atoms with E-state index in [0.717, 1.165) is 16.8 Å². The Balaban J connectivity index is 1.11. The second-order valence-electron chi connectivity index (χ2n) is 9.14. The molecule has 7 rings (SSSR count). The zero-order valence-corrected chi connectivity index (χ0v) is 18.1. The lowest BCUT2D eigenvalue weighted by Gasteiger charge is -2.72. The van der Waals surface area contributed by atoms with Gasteiger partial charge in [-0.2, -0.15) is 0 Å². The summed E-state index contributed by atoms with van der Waals surface area (Å²) in [5, 5.41) is 4.76. The van der Waals surface area contributed by atoms with E-state index in [9.17, 15) is 18.8 Å². The van der Waals surface area contributed by atoms with E-state index in [1.165, 1.54) is 17.0 Å². The van der Waals surface area contributed by atoms with E-state index in [-0.39, 0.29) is 35.1 Å². The summed E-state index contributed by atoms with van der Waals surface area (Å²) in [6.45, 7) is -0.268. The van der Waals surface area contributed by atoms with Crippen LogP contribution in [0.25, 0.3) is 10.8 Å². The number of hydrogen-bond acceptors (Lipinski definition) is 4. The molecule has 2 bridgehead atoms. The summed E-state index contributed by atoms with van der Waals surface area (Å²) in [6, 6.07) is 15.2. The first-order chi connectivity index (χ1) is 15.8. The van der Waals surface area contributed by atoms with Crippen molar-refractivity contribution in [1.29, 1.82) is 0 Å². The fraction of sp³-hybridized carbons (Fsp3) is 0.240. The predicted molar refractivity (Wildman–Crippen MR) is 119 cm³/mol. The number of ether oxygens (including phenoxy) is 1. The van der Waals surface area contributed by atoms with Crippen molar-refractivity contribution < 1.29 is 23.5 Å². The van der Waals surface area contributed by atoms with Gasteiger partial charge in [0.2, 0.25) is 0 Å². The molecule has 3 aliphatic carbocycles. The zero-order chi connectivity index (χ0) is 23.0. The molecule has 0 aromatic heterocycles. The number of carbonyl (C=O) groups excluding carboxylic acids is 3. The van der Waals surface area contributed by atoms with Crippen LogP contribution in [0.5, 0.6) is 5.75 Å². The van der Waals surface area contributed by atoms with Crippen molar-refractivity contribution in [2.24, 2.45) is 0 Å². The van der Waals surface area contributed by atoms with E-state index < -0.39 is 16.9 Å². The average molecular weight is 465 g/mol. The van der Waals surface area contributed by atoms with Gasteiger partial charge in [0.1, 0.15) is 11.6 Å². The Kier molecular flexibility index (Phi) is 4.14. The van der Waals surface area contributed by atoms with Crippen molar-refractivity contribution in [2.45, 2.75) is 30.3 Å². The number of nitrogens with zero attached hydrogens (tertiary/aromatic N) is 1. The standard InChI is InChI=1S/C25H18ClFN2O4/c26-19-6-5-16(9-20(19)27)33-10-21(30)28-24-11-25(12-24,13-24)29-22(31)17-7-14-3-1-2-4-15(14)8-18(17)23(29)32/h1-9H,10-13H2,(H,28,30). The molecule has 6 nitrogen and oxygen atoms in total. The number of hydrogen-bond donors (Lipinski definition) is 1. The maximum Gasteiger partial charge on any atom is 0.262 e.